The van der Waals surface area contributed by atoms with Crippen molar-refractivity contribution in [2.24, 2.45) is 0 Å². The zero-order chi connectivity index (χ0) is 19.7. The van der Waals surface area contributed by atoms with Crippen LogP contribution in [0.1, 0.15) is 81.9 Å². The van der Waals surface area contributed by atoms with Crippen LogP contribution < -0.4 is 5.43 Å². The Labute approximate surface area is 160 Å². The molecule has 0 radical (unpaired) electrons. The first-order chi connectivity index (χ1) is 12.9. The molecule has 152 valence electrons. The summed E-state index contributed by atoms with van der Waals surface area (Å²) < 4.78 is 40.5. The number of rotatable bonds is 11. The third kappa shape index (κ3) is 7.17. The van der Waals surface area contributed by atoms with E-state index in [4.69, 9.17) is 0 Å². The van der Waals surface area contributed by atoms with Gasteiger partial charge in [0, 0.05) is 13.0 Å². The van der Waals surface area contributed by atoms with Crippen LogP contribution in [0.4, 0.5) is 13.2 Å². The van der Waals surface area contributed by atoms with E-state index >= 15 is 0 Å². The molecule has 6 heteroatoms. The molecular formula is C21H31F3N2O. The Hall–Kier alpha value is -1.56. The van der Waals surface area contributed by atoms with E-state index in [-0.39, 0.29) is 24.4 Å². The number of unbranched alkanes of at least 4 members (excludes halogenated alkanes) is 7. The van der Waals surface area contributed by atoms with Crippen molar-refractivity contribution in [2.45, 2.75) is 83.4 Å². The Morgan fingerprint density at radius 2 is 1.59 bits per heavy atom. The molecule has 0 spiro atoms. The van der Waals surface area contributed by atoms with E-state index in [0.29, 0.717) is 0 Å². The summed E-state index contributed by atoms with van der Waals surface area (Å²) >= 11 is 0. The van der Waals surface area contributed by atoms with Gasteiger partial charge < -0.3 is 0 Å². The number of halogens is 3. The minimum atomic E-state index is -4.43. The van der Waals surface area contributed by atoms with Crippen molar-refractivity contribution in [2.75, 3.05) is 6.54 Å². The standard InChI is InChI=1S/C21H31F3N2O/c1-2-3-4-5-6-7-8-9-10-17-11-13-18(14-12-17)20(21(22,23)24)26-16-15-19(27)25-26/h11-14,20H,2-10,15-16H2,1H3,(H,25,27)/t20-/m0/s1. The molecule has 1 saturated heterocycles. The highest BCUT2D eigenvalue weighted by Crippen LogP contribution is 2.38. The summed E-state index contributed by atoms with van der Waals surface area (Å²) in [6.07, 6.45) is 6.48. The lowest BCUT2D eigenvalue weighted by Crippen LogP contribution is -2.43. The predicted octanol–water partition coefficient (Wildman–Crippen LogP) is 5.71. The van der Waals surface area contributed by atoms with Gasteiger partial charge in [-0.25, -0.2) is 5.01 Å². The molecule has 1 fully saturated rings. The van der Waals surface area contributed by atoms with Crippen LogP contribution in [0.25, 0.3) is 0 Å². The van der Waals surface area contributed by atoms with Crippen LogP contribution >= 0.6 is 0 Å². The summed E-state index contributed by atoms with van der Waals surface area (Å²) in [5, 5.41) is 0.996. The fourth-order valence-corrected chi connectivity index (χ4v) is 3.56. The highest BCUT2D eigenvalue weighted by molar-refractivity contribution is 5.77. The molecule has 1 aliphatic heterocycles. The summed E-state index contributed by atoms with van der Waals surface area (Å²) in [5.74, 6) is -0.365. The predicted molar refractivity (Wildman–Crippen MR) is 101 cm³/mol. The van der Waals surface area contributed by atoms with Crippen LogP contribution in [-0.4, -0.2) is 23.6 Å². The highest BCUT2D eigenvalue weighted by Gasteiger charge is 2.46. The van der Waals surface area contributed by atoms with E-state index in [9.17, 15) is 18.0 Å². The lowest BCUT2D eigenvalue weighted by Gasteiger charge is -2.29. The van der Waals surface area contributed by atoms with Crippen LogP contribution in [0.2, 0.25) is 0 Å². The first-order valence-corrected chi connectivity index (χ1v) is 10.1. The molecule has 1 atom stereocenters. The number of hydrogen-bond acceptors (Lipinski definition) is 2. The van der Waals surface area contributed by atoms with Gasteiger partial charge in [0.05, 0.1) is 0 Å². The van der Waals surface area contributed by atoms with E-state index in [1.807, 2.05) is 0 Å². The largest absolute Gasteiger partial charge is 0.409 e. The average Bonchev–Trinajstić information content (AvgIpc) is 3.03. The number of amides is 1. The van der Waals surface area contributed by atoms with Gasteiger partial charge in [-0.1, -0.05) is 76.1 Å². The third-order valence-electron chi connectivity index (χ3n) is 5.08. The van der Waals surface area contributed by atoms with Gasteiger partial charge in [-0.15, -0.1) is 0 Å². The van der Waals surface area contributed by atoms with Gasteiger partial charge in [0.1, 0.15) is 6.04 Å². The van der Waals surface area contributed by atoms with E-state index in [1.165, 1.54) is 44.9 Å². The second-order valence-electron chi connectivity index (χ2n) is 7.39. The minimum absolute atomic E-state index is 0.0724. The van der Waals surface area contributed by atoms with Crippen LogP contribution in [0, 0.1) is 0 Å². The molecule has 1 N–H and O–H groups in total. The van der Waals surface area contributed by atoms with Gasteiger partial charge in [0.25, 0.3) is 0 Å². The quantitative estimate of drug-likeness (QED) is 0.496. The van der Waals surface area contributed by atoms with Gasteiger partial charge in [-0.2, -0.15) is 13.2 Å². The number of carbonyl (C=O) groups excluding carboxylic acids is 1. The topological polar surface area (TPSA) is 32.3 Å². The molecule has 1 aromatic rings. The third-order valence-corrected chi connectivity index (χ3v) is 5.08. The summed E-state index contributed by atoms with van der Waals surface area (Å²) in [5.41, 5.74) is 3.55. The fraction of sp³-hybridized carbons (Fsp3) is 0.667. The molecule has 3 nitrogen and oxygen atoms in total. The number of alkyl halides is 3. The number of carbonyl (C=O) groups is 1. The Bertz CT molecular complexity index is 572. The molecule has 0 aromatic heterocycles. The van der Waals surface area contributed by atoms with Gasteiger partial charge in [-0.05, 0) is 24.0 Å². The Kier molecular flexibility index (Phi) is 8.61. The van der Waals surface area contributed by atoms with Crippen LogP contribution in [0.5, 0.6) is 0 Å². The Balaban J connectivity index is 1.81. The molecule has 0 saturated carbocycles. The summed E-state index contributed by atoms with van der Waals surface area (Å²) in [6, 6.07) is 4.87. The number of nitrogens with one attached hydrogen (secondary N) is 1. The number of hydrazine groups is 1. The van der Waals surface area contributed by atoms with Crippen molar-refractivity contribution in [1.29, 1.82) is 0 Å². The minimum Gasteiger partial charge on any atom is -0.288 e. The summed E-state index contributed by atoms with van der Waals surface area (Å²) in [6.45, 7) is 2.28. The van der Waals surface area contributed by atoms with Gasteiger partial charge in [-0.3, -0.25) is 10.2 Å². The van der Waals surface area contributed by atoms with Crippen LogP contribution in [0.3, 0.4) is 0 Å². The molecule has 0 aliphatic carbocycles. The maximum atomic E-state index is 13.5. The zero-order valence-electron chi connectivity index (χ0n) is 16.2. The van der Waals surface area contributed by atoms with Crippen LogP contribution in [-0.2, 0) is 11.2 Å². The molecule has 0 bridgehead atoms. The average molecular weight is 384 g/mol. The van der Waals surface area contributed by atoms with Gasteiger partial charge >= 0.3 is 6.18 Å². The van der Waals surface area contributed by atoms with E-state index in [0.717, 1.165) is 23.4 Å². The van der Waals surface area contributed by atoms with Crippen molar-refractivity contribution < 1.29 is 18.0 Å². The maximum absolute atomic E-state index is 13.5. The normalized spacial score (nSPS) is 16.5. The smallest absolute Gasteiger partial charge is 0.288 e. The summed E-state index contributed by atoms with van der Waals surface area (Å²) in [7, 11) is 0. The molecule has 1 heterocycles. The molecule has 0 unspecified atom stereocenters. The van der Waals surface area contributed by atoms with Gasteiger partial charge in [0.2, 0.25) is 5.91 Å². The van der Waals surface area contributed by atoms with Crippen molar-refractivity contribution >= 4 is 5.91 Å². The van der Waals surface area contributed by atoms with Crippen LogP contribution in [0.15, 0.2) is 24.3 Å². The highest BCUT2D eigenvalue weighted by atomic mass is 19.4. The van der Waals surface area contributed by atoms with Crippen molar-refractivity contribution in [3.63, 3.8) is 0 Å². The lowest BCUT2D eigenvalue weighted by atomic mass is 10.0. The van der Waals surface area contributed by atoms with E-state index in [1.54, 1.807) is 24.3 Å². The second kappa shape index (κ2) is 10.7. The molecule has 2 rings (SSSR count). The molecule has 27 heavy (non-hydrogen) atoms. The van der Waals surface area contributed by atoms with E-state index in [2.05, 4.69) is 12.3 Å². The Morgan fingerprint density at radius 3 is 2.11 bits per heavy atom. The zero-order valence-corrected chi connectivity index (χ0v) is 16.2. The van der Waals surface area contributed by atoms with Crippen molar-refractivity contribution in [3.8, 4) is 0 Å². The molecular weight excluding hydrogens is 353 g/mol. The molecule has 1 amide bonds. The number of hydrogen-bond donors (Lipinski definition) is 1. The first kappa shape index (κ1) is 21.7. The monoisotopic (exact) mass is 384 g/mol. The summed E-state index contributed by atoms with van der Waals surface area (Å²) in [4.78, 5) is 11.3. The lowest BCUT2D eigenvalue weighted by molar-refractivity contribution is -0.191. The van der Waals surface area contributed by atoms with Gasteiger partial charge in [0.15, 0.2) is 0 Å². The van der Waals surface area contributed by atoms with Crippen molar-refractivity contribution in [1.82, 2.24) is 10.4 Å². The number of benzene rings is 1. The molecule has 1 aliphatic rings. The van der Waals surface area contributed by atoms with E-state index < -0.39 is 12.2 Å². The first-order valence-electron chi connectivity index (χ1n) is 10.1. The SMILES string of the molecule is CCCCCCCCCCc1ccc([C@H](N2CCC(=O)N2)C(F)(F)F)cc1. The molecule has 1 aromatic carbocycles. The fourth-order valence-electron chi connectivity index (χ4n) is 3.56. The maximum Gasteiger partial charge on any atom is 0.409 e. The second-order valence-corrected chi connectivity index (χ2v) is 7.39. The van der Waals surface area contributed by atoms with Crippen molar-refractivity contribution in [3.05, 3.63) is 35.4 Å². The Morgan fingerprint density at radius 1 is 1.00 bits per heavy atom. The number of aryl methyl sites for hydroxylation is 1. The number of nitrogens with zero attached hydrogens (tertiary/aromatic N) is 1.